The number of carbonyl (C=O) groups excluding carboxylic acids is 2. The molecular weight excluding hydrogens is 432 g/mol. The molecule has 2 aromatic carbocycles. The Morgan fingerprint density at radius 1 is 0.935 bits per heavy atom. The Morgan fingerprint density at radius 2 is 1.55 bits per heavy atom. The molecule has 0 aliphatic carbocycles. The van der Waals surface area contributed by atoms with E-state index in [9.17, 15) is 35.9 Å². The molecule has 0 aliphatic heterocycles. The first kappa shape index (κ1) is 24.0. The number of rotatable bonds is 7. The van der Waals surface area contributed by atoms with Crippen LogP contribution < -0.4 is 10.1 Å². The normalized spacial score (nSPS) is 12.7. The molecule has 31 heavy (non-hydrogen) atoms. The molecule has 0 bridgehead atoms. The maximum absolute atomic E-state index is 12.9. The third-order valence-electron chi connectivity index (χ3n) is 3.89. The van der Waals surface area contributed by atoms with Crippen molar-refractivity contribution in [3.05, 3.63) is 65.2 Å². The number of alkyl halides is 6. The van der Waals surface area contributed by atoms with Crippen molar-refractivity contribution in [2.75, 3.05) is 13.2 Å². The van der Waals surface area contributed by atoms with Gasteiger partial charge in [-0.15, -0.1) is 0 Å². The number of hydrogen-bond donors (Lipinski definition) is 1. The number of amides is 1. The third-order valence-corrected chi connectivity index (χ3v) is 3.89. The number of nitrogens with one attached hydrogen (secondary N) is 1. The molecule has 0 saturated carbocycles. The average Bonchev–Trinajstić information content (AvgIpc) is 2.68. The summed E-state index contributed by atoms with van der Waals surface area (Å²) >= 11 is 0. The van der Waals surface area contributed by atoms with Crippen molar-refractivity contribution in [1.29, 1.82) is 0 Å². The minimum Gasteiger partial charge on any atom is -0.474 e. The van der Waals surface area contributed by atoms with Gasteiger partial charge in [0.25, 0.3) is 0 Å². The minimum atomic E-state index is -4.66. The van der Waals surface area contributed by atoms with Crippen LogP contribution >= 0.6 is 0 Å². The molecule has 0 aromatic heterocycles. The van der Waals surface area contributed by atoms with Gasteiger partial charge in [-0.2, -0.15) is 26.3 Å². The Hall–Kier alpha value is -3.24. The Kier molecular flexibility index (Phi) is 7.53. The molecular formula is C20H17F6NO4. The SMILES string of the molecule is CC(=O)NCCOC(=O)C(Oc1cccc(C(F)(F)F)c1)c1ccc(C(F)(F)F)cc1. The van der Waals surface area contributed by atoms with Crippen molar-refractivity contribution in [2.45, 2.75) is 25.4 Å². The van der Waals surface area contributed by atoms with Gasteiger partial charge in [0.15, 0.2) is 0 Å². The number of benzene rings is 2. The second-order valence-electron chi connectivity index (χ2n) is 6.29. The van der Waals surface area contributed by atoms with Crippen molar-refractivity contribution in [3.8, 4) is 5.75 Å². The van der Waals surface area contributed by atoms with Gasteiger partial charge in [-0.25, -0.2) is 4.79 Å². The van der Waals surface area contributed by atoms with Crippen molar-refractivity contribution < 1.29 is 45.4 Å². The van der Waals surface area contributed by atoms with Crippen LogP contribution in [-0.4, -0.2) is 25.0 Å². The van der Waals surface area contributed by atoms with E-state index in [-0.39, 0.29) is 30.4 Å². The molecule has 1 atom stereocenters. The van der Waals surface area contributed by atoms with Crippen molar-refractivity contribution >= 4 is 11.9 Å². The average molecular weight is 449 g/mol. The van der Waals surface area contributed by atoms with Crippen LogP contribution in [0, 0.1) is 0 Å². The topological polar surface area (TPSA) is 64.6 Å². The maximum atomic E-state index is 12.9. The first-order valence-electron chi connectivity index (χ1n) is 8.80. The van der Waals surface area contributed by atoms with Gasteiger partial charge in [-0.1, -0.05) is 18.2 Å². The summed E-state index contributed by atoms with van der Waals surface area (Å²) in [6, 6.07) is 7.03. The van der Waals surface area contributed by atoms with Crippen LogP contribution in [-0.2, 0) is 26.7 Å². The summed E-state index contributed by atoms with van der Waals surface area (Å²) < 4.78 is 87.5. The van der Waals surface area contributed by atoms with Crippen LogP contribution in [0.1, 0.15) is 29.7 Å². The molecule has 2 rings (SSSR count). The second kappa shape index (κ2) is 9.71. The highest BCUT2D eigenvalue weighted by Gasteiger charge is 2.33. The zero-order chi connectivity index (χ0) is 23.2. The fraction of sp³-hybridized carbons (Fsp3) is 0.300. The van der Waals surface area contributed by atoms with E-state index in [1.54, 1.807) is 0 Å². The number of ether oxygens (including phenoxy) is 2. The molecule has 1 amide bonds. The molecule has 168 valence electrons. The van der Waals surface area contributed by atoms with Gasteiger partial charge in [-0.3, -0.25) is 4.79 Å². The van der Waals surface area contributed by atoms with Gasteiger partial charge in [-0.05, 0) is 30.3 Å². The standard InChI is InChI=1S/C20H17F6NO4/c1-12(28)27-9-10-30-18(29)17(13-5-7-14(8-6-13)19(21,22)23)31-16-4-2-3-15(11-16)20(24,25)26/h2-8,11,17H,9-10H2,1H3,(H,27,28). The first-order valence-corrected chi connectivity index (χ1v) is 8.80. The summed E-state index contributed by atoms with van der Waals surface area (Å²) in [5.74, 6) is -1.77. The van der Waals surface area contributed by atoms with Crippen LogP contribution in [0.25, 0.3) is 0 Å². The lowest BCUT2D eigenvalue weighted by Gasteiger charge is -2.20. The lowest BCUT2D eigenvalue weighted by molar-refractivity contribution is -0.152. The number of carbonyl (C=O) groups is 2. The van der Waals surface area contributed by atoms with E-state index in [0.717, 1.165) is 30.3 Å². The second-order valence-corrected chi connectivity index (χ2v) is 6.29. The van der Waals surface area contributed by atoms with E-state index in [0.29, 0.717) is 18.2 Å². The van der Waals surface area contributed by atoms with Gasteiger partial charge >= 0.3 is 18.3 Å². The van der Waals surface area contributed by atoms with Gasteiger partial charge in [0, 0.05) is 12.5 Å². The van der Waals surface area contributed by atoms with E-state index in [1.165, 1.54) is 6.92 Å². The molecule has 5 nitrogen and oxygen atoms in total. The van der Waals surface area contributed by atoms with Gasteiger partial charge in [0.1, 0.15) is 12.4 Å². The van der Waals surface area contributed by atoms with E-state index >= 15 is 0 Å². The number of esters is 1. The largest absolute Gasteiger partial charge is 0.474 e. The van der Waals surface area contributed by atoms with Gasteiger partial charge < -0.3 is 14.8 Å². The van der Waals surface area contributed by atoms with Crippen LogP contribution in [0.4, 0.5) is 26.3 Å². The quantitative estimate of drug-likeness (QED) is 0.384. The zero-order valence-corrected chi connectivity index (χ0v) is 16.0. The van der Waals surface area contributed by atoms with Crippen molar-refractivity contribution in [1.82, 2.24) is 5.32 Å². The highest BCUT2D eigenvalue weighted by molar-refractivity contribution is 5.77. The lowest BCUT2D eigenvalue weighted by atomic mass is 10.1. The van der Waals surface area contributed by atoms with Crippen LogP contribution in [0.5, 0.6) is 5.75 Å². The fourth-order valence-corrected chi connectivity index (χ4v) is 2.44. The molecule has 2 aromatic rings. The van der Waals surface area contributed by atoms with E-state index in [4.69, 9.17) is 9.47 Å². The summed E-state index contributed by atoms with van der Waals surface area (Å²) in [5.41, 5.74) is -2.07. The maximum Gasteiger partial charge on any atom is 0.416 e. The number of halogens is 6. The Morgan fingerprint density at radius 3 is 2.10 bits per heavy atom. The third kappa shape index (κ3) is 7.19. The molecule has 0 fully saturated rings. The lowest BCUT2D eigenvalue weighted by Crippen LogP contribution is -2.28. The van der Waals surface area contributed by atoms with Crippen molar-refractivity contribution in [2.24, 2.45) is 0 Å². The zero-order valence-electron chi connectivity index (χ0n) is 16.0. The number of hydrogen-bond acceptors (Lipinski definition) is 4. The van der Waals surface area contributed by atoms with E-state index < -0.39 is 35.6 Å². The Bertz CT molecular complexity index is 909. The predicted molar refractivity (Wildman–Crippen MR) is 95.9 cm³/mol. The molecule has 11 heteroatoms. The summed E-state index contributed by atoms with van der Waals surface area (Å²) in [6.07, 6.45) is -10.9. The monoisotopic (exact) mass is 449 g/mol. The molecule has 0 spiro atoms. The fourth-order valence-electron chi connectivity index (χ4n) is 2.44. The molecule has 1 N–H and O–H groups in total. The van der Waals surface area contributed by atoms with E-state index in [1.807, 2.05) is 0 Å². The van der Waals surface area contributed by atoms with Gasteiger partial charge in [0.05, 0.1) is 17.7 Å². The van der Waals surface area contributed by atoms with Crippen molar-refractivity contribution in [3.63, 3.8) is 0 Å². The molecule has 1 unspecified atom stereocenters. The van der Waals surface area contributed by atoms with E-state index in [2.05, 4.69) is 5.32 Å². The molecule has 0 aliphatic rings. The summed E-state index contributed by atoms with van der Waals surface area (Å²) in [6.45, 7) is 0.926. The summed E-state index contributed by atoms with van der Waals surface area (Å²) in [5, 5.41) is 2.37. The molecule has 0 radical (unpaired) electrons. The smallest absolute Gasteiger partial charge is 0.416 e. The predicted octanol–water partition coefficient (Wildman–Crippen LogP) is 4.52. The molecule has 0 saturated heterocycles. The van der Waals surface area contributed by atoms with Crippen LogP contribution in [0.15, 0.2) is 48.5 Å². The summed E-state index contributed by atoms with van der Waals surface area (Å²) in [7, 11) is 0. The Balaban J connectivity index is 2.27. The first-order chi connectivity index (χ1) is 14.4. The van der Waals surface area contributed by atoms with Crippen LogP contribution in [0.3, 0.4) is 0 Å². The summed E-state index contributed by atoms with van der Waals surface area (Å²) in [4.78, 5) is 23.3. The highest BCUT2D eigenvalue weighted by Crippen LogP contribution is 2.34. The highest BCUT2D eigenvalue weighted by atomic mass is 19.4. The van der Waals surface area contributed by atoms with Gasteiger partial charge in [0.2, 0.25) is 12.0 Å². The molecule has 0 heterocycles. The Labute approximate surface area is 173 Å². The minimum absolute atomic E-state index is 0.0373. The van der Waals surface area contributed by atoms with Crippen LogP contribution in [0.2, 0.25) is 0 Å².